The van der Waals surface area contributed by atoms with Gasteiger partial charge < -0.3 is 19.1 Å². The van der Waals surface area contributed by atoms with E-state index in [4.69, 9.17) is 32.5 Å². The van der Waals surface area contributed by atoms with Crippen molar-refractivity contribution in [1.82, 2.24) is 19.7 Å². The minimum Gasteiger partial charge on any atom is -0.497 e. The molecule has 0 bridgehead atoms. The molecular formula is C20H17Cl2N5O2. The third-order valence-electron chi connectivity index (χ3n) is 4.38. The van der Waals surface area contributed by atoms with Crippen LogP contribution in [0.2, 0.25) is 10.0 Å². The molecule has 29 heavy (non-hydrogen) atoms. The molecular weight excluding hydrogens is 413 g/mol. The molecule has 0 aliphatic rings. The number of imidazole rings is 1. The number of aromatic nitrogens is 4. The Kier molecular flexibility index (Phi) is 5.42. The van der Waals surface area contributed by atoms with Crippen molar-refractivity contribution in [3.8, 4) is 17.1 Å². The maximum Gasteiger partial charge on any atom is 0.322 e. The number of methoxy groups -OCH3 is 1. The number of nitrogens with one attached hydrogen (secondary N) is 1. The third-order valence-corrected chi connectivity index (χ3v) is 4.82. The van der Waals surface area contributed by atoms with Gasteiger partial charge in [-0.3, -0.25) is 0 Å². The largest absolute Gasteiger partial charge is 0.497 e. The standard InChI is InChI=1S/C20H17Cl2N5O2/c1-27-8-7-23-19(27)17(12-3-5-16(28-2)6-4-12)24-20-25-18(26-29-20)13-9-14(21)11-15(22)10-13/h3-11,17H,1-2H3,(H,24,25,26). The van der Waals surface area contributed by atoms with Crippen molar-refractivity contribution in [3.05, 3.63) is 76.3 Å². The van der Waals surface area contributed by atoms with Crippen molar-refractivity contribution < 1.29 is 9.26 Å². The van der Waals surface area contributed by atoms with Crippen molar-refractivity contribution in [3.63, 3.8) is 0 Å². The first-order valence-electron chi connectivity index (χ1n) is 8.71. The van der Waals surface area contributed by atoms with Crippen molar-refractivity contribution in [2.75, 3.05) is 12.4 Å². The number of benzene rings is 2. The predicted molar refractivity (Wildman–Crippen MR) is 111 cm³/mol. The van der Waals surface area contributed by atoms with E-state index in [1.54, 1.807) is 31.5 Å². The average molecular weight is 430 g/mol. The van der Waals surface area contributed by atoms with Crippen molar-refractivity contribution >= 4 is 29.2 Å². The van der Waals surface area contributed by atoms with E-state index in [9.17, 15) is 0 Å². The highest BCUT2D eigenvalue weighted by molar-refractivity contribution is 6.35. The van der Waals surface area contributed by atoms with Crippen molar-refractivity contribution in [2.45, 2.75) is 6.04 Å². The molecule has 2 aromatic heterocycles. The summed E-state index contributed by atoms with van der Waals surface area (Å²) in [7, 11) is 3.55. The minimum atomic E-state index is -0.308. The second-order valence-electron chi connectivity index (χ2n) is 6.33. The highest BCUT2D eigenvalue weighted by atomic mass is 35.5. The molecule has 0 aliphatic heterocycles. The van der Waals surface area contributed by atoms with E-state index in [1.807, 2.05) is 42.1 Å². The van der Waals surface area contributed by atoms with E-state index in [0.29, 0.717) is 21.4 Å². The Morgan fingerprint density at radius 3 is 2.45 bits per heavy atom. The Bertz CT molecular complexity index is 1100. The Morgan fingerprint density at radius 2 is 1.83 bits per heavy atom. The van der Waals surface area contributed by atoms with Crippen LogP contribution in [0.3, 0.4) is 0 Å². The van der Waals surface area contributed by atoms with Gasteiger partial charge in [0.2, 0.25) is 5.82 Å². The quantitative estimate of drug-likeness (QED) is 0.465. The van der Waals surface area contributed by atoms with Crippen LogP contribution in [0.4, 0.5) is 6.01 Å². The Labute approximate surface area is 177 Å². The van der Waals surface area contributed by atoms with Crippen LogP contribution in [0.5, 0.6) is 5.75 Å². The second-order valence-corrected chi connectivity index (χ2v) is 7.20. The molecule has 0 saturated heterocycles. The zero-order chi connectivity index (χ0) is 20.4. The van der Waals surface area contributed by atoms with Gasteiger partial charge in [0.05, 0.1) is 7.11 Å². The average Bonchev–Trinajstić information content (AvgIpc) is 3.34. The molecule has 1 N–H and O–H groups in total. The van der Waals surface area contributed by atoms with E-state index < -0.39 is 0 Å². The summed E-state index contributed by atoms with van der Waals surface area (Å²) >= 11 is 12.1. The van der Waals surface area contributed by atoms with Crippen LogP contribution in [0.25, 0.3) is 11.4 Å². The number of nitrogens with zero attached hydrogens (tertiary/aromatic N) is 4. The number of rotatable bonds is 6. The highest BCUT2D eigenvalue weighted by Gasteiger charge is 2.21. The van der Waals surface area contributed by atoms with Crippen LogP contribution >= 0.6 is 23.2 Å². The molecule has 2 heterocycles. The molecule has 4 aromatic rings. The number of hydrogen-bond donors (Lipinski definition) is 1. The second kappa shape index (κ2) is 8.14. The summed E-state index contributed by atoms with van der Waals surface area (Å²) in [5.41, 5.74) is 1.63. The molecule has 0 saturated carbocycles. The van der Waals surface area contributed by atoms with Gasteiger partial charge in [0.25, 0.3) is 0 Å². The van der Waals surface area contributed by atoms with Gasteiger partial charge >= 0.3 is 6.01 Å². The van der Waals surface area contributed by atoms with Gasteiger partial charge in [-0.1, -0.05) is 40.5 Å². The molecule has 0 aliphatic carbocycles. The Balaban J connectivity index is 1.66. The first-order valence-corrected chi connectivity index (χ1v) is 9.47. The zero-order valence-corrected chi connectivity index (χ0v) is 17.1. The first-order chi connectivity index (χ1) is 14.0. The smallest absolute Gasteiger partial charge is 0.322 e. The van der Waals surface area contributed by atoms with Crippen LogP contribution in [0.15, 0.2) is 59.4 Å². The summed E-state index contributed by atoms with van der Waals surface area (Å²) in [4.78, 5) is 8.90. The van der Waals surface area contributed by atoms with Gasteiger partial charge in [-0.05, 0) is 35.9 Å². The maximum atomic E-state index is 6.07. The van der Waals surface area contributed by atoms with Gasteiger partial charge in [-0.25, -0.2) is 4.98 Å². The lowest BCUT2D eigenvalue weighted by atomic mass is 10.1. The van der Waals surface area contributed by atoms with Gasteiger partial charge in [0.1, 0.15) is 17.6 Å². The highest BCUT2D eigenvalue weighted by Crippen LogP contribution is 2.29. The molecule has 7 nitrogen and oxygen atoms in total. The van der Waals surface area contributed by atoms with Crippen LogP contribution in [0, 0.1) is 0 Å². The molecule has 1 unspecified atom stereocenters. The summed E-state index contributed by atoms with van der Waals surface area (Å²) in [6, 6.07) is 12.7. The van der Waals surface area contributed by atoms with Crippen LogP contribution in [-0.4, -0.2) is 26.8 Å². The van der Waals surface area contributed by atoms with E-state index in [0.717, 1.165) is 17.1 Å². The zero-order valence-electron chi connectivity index (χ0n) is 15.6. The van der Waals surface area contributed by atoms with Crippen LogP contribution < -0.4 is 10.1 Å². The van der Waals surface area contributed by atoms with E-state index in [1.165, 1.54) is 0 Å². The number of aryl methyl sites for hydroxylation is 1. The fourth-order valence-electron chi connectivity index (χ4n) is 2.95. The van der Waals surface area contributed by atoms with Gasteiger partial charge in [0, 0.05) is 35.1 Å². The maximum absolute atomic E-state index is 6.07. The number of ether oxygens (including phenoxy) is 1. The number of hydrogen-bond acceptors (Lipinski definition) is 6. The van der Waals surface area contributed by atoms with Crippen molar-refractivity contribution in [1.29, 1.82) is 0 Å². The monoisotopic (exact) mass is 429 g/mol. The SMILES string of the molecule is COc1ccc(C(Nc2nc(-c3cc(Cl)cc(Cl)c3)no2)c2nccn2C)cc1. The lowest BCUT2D eigenvalue weighted by Crippen LogP contribution is -2.17. The molecule has 0 fully saturated rings. The van der Waals surface area contributed by atoms with E-state index in [2.05, 4.69) is 20.4 Å². The molecule has 0 radical (unpaired) electrons. The lowest BCUT2D eigenvalue weighted by molar-refractivity contribution is 0.414. The lowest BCUT2D eigenvalue weighted by Gasteiger charge is -2.18. The summed E-state index contributed by atoms with van der Waals surface area (Å²) < 4.78 is 12.6. The molecule has 4 rings (SSSR count). The molecule has 2 aromatic carbocycles. The minimum absolute atomic E-state index is 0.250. The molecule has 148 valence electrons. The number of halogens is 2. The fraction of sp³-hybridized carbons (Fsp3) is 0.150. The Hall–Kier alpha value is -3.03. The molecule has 9 heteroatoms. The number of anilines is 1. The van der Waals surface area contributed by atoms with E-state index in [-0.39, 0.29) is 12.1 Å². The molecule has 1 atom stereocenters. The summed E-state index contributed by atoms with van der Waals surface area (Å²) in [6.07, 6.45) is 3.61. The molecule has 0 spiro atoms. The normalized spacial score (nSPS) is 12.0. The first kappa shape index (κ1) is 19.3. The summed E-state index contributed by atoms with van der Waals surface area (Å²) in [5, 5.41) is 8.29. The topological polar surface area (TPSA) is 78.0 Å². The summed E-state index contributed by atoms with van der Waals surface area (Å²) in [6.45, 7) is 0. The predicted octanol–water partition coefficient (Wildman–Crippen LogP) is 4.99. The Morgan fingerprint density at radius 1 is 1.10 bits per heavy atom. The van der Waals surface area contributed by atoms with Gasteiger partial charge in [0.15, 0.2) is 0 Å². The third kappa shape index (κ3) is 4.21. The van der Waals surface area contributed by atoms with Crippen LogP contribution in [-0.2, 0) is 7.05 Å². The van der Waals surface area contributed by atoms with Gasteiger partial charge in [-0.15, -0.1) is 0 Å². The van der Waals surface area contributed by atoms with Gasteiger partial charge in [-0.2, -0.15) is 4.98 Å². The molecule has 0 amide bonds. The fourth-order valence-corrected chi connectivity index (χ4v) is 3.48. The van der Waals surface area contributed by atoms with Crippen LogP contribution in [0.1, 0.15) is 17.4 Å². The van der Waals surface area contributed by atoms with Crippen molar-refractivity contribution in [2.24, 2.45) is 7.05 Å². The van der Waals surface area contributed by atoms with E-state index >= 15 is 0 Å². The summed E-state index contributed by atoms with van der Waals surface area (Å²) in [5.74, 6) is 1.94.